The van der Waals surface area contributed by atoms with Crippen molar-refractivity contribution in [1.29, 1.82) is 0 Å². The quantitative estimate of drug-likeness (QED) is 0.765. The van der Waals surface area contributed by atoms with Crippen molar-refractivity contribution in [2.75, 3.05) is 12.9 Å². The van der Waals surface area contributed by atoms with Crippen LogP contribution in [0, 0.1) is 0 Å². The summed E-state index contributed by atoms with van der Waals surface area (Å²) in [4.78, 5) is 3.85. The van der Waals surface area contributed by atoms with Crippen molar-refractivity contribution in [2.45, 2.75) is 24.4 Å². The number of hydrogen-bond acceptors (Lipinski definition) is 3. The van der Waals surface area contributed by atoms with Crippen LogP contribution in [0.2, 0.25) is 0 Å². The Hall–Kier alpha value is -0.590. The van der Waals surface area contributed by atoms with Gasteiger partial charge in [0.1, 0.15) is 0 Å². The molecule has 0 aliphatic heterocycles. The van der Waals surface area contributed by atoms with Crippen molar-refractivity contribution in [3.63, 3.8) is 0 Å². The highest BCUT2D eigenvalue weighted by molar-refractivity contribution is 7.89. The van der Waals surface area contributed by atoms with Crippen molar-refractivity contribution < 1.29 is 8.42 Å². The average Bonchev–Trinajstić information content (AvgIpc) is 2.64. The number of halogens is 1. The molecule has 0 fully saturated rings. The molecule has 0 amide bonds. The molecule has 0 aromatic carbocycles. The minimum absolute atomic E-state index is 0.0377. The van der Waals surface area contributed by atoms with E-state index in [1.54, 1.807) is 25.5 Å². The van der Waals surface area contributed by atoms with E-state index in [0.29, 0.717) is 0 Å². The number of aryl methyl sites for hydroxylation is 1. The molecule has 0 saturated carbocycles. The lowest BCUT2D eigenvalue weighted by molar-refractivity contribution is 0.295. The third-order valence-electron chi connectivity index (χ3n) is 2.49. The molecule has 0 aliphatic rings. The van der Waals surface area contributed by atoms with Gasteiger partial charge in [-0.2, -0.15) is 4.31 Å². The number of imidazole rings is 1. The van der Waals surface area contributed by atoms with Gasteiger partial charge in [-0.25, -0.2) is 13.4 Å². The summed E-state index contributed by atoms with van der Waals surface area (Å²) >= 11 is 5.76. The van der Waals surface area contributed by atoms with Gasteiger partial charge in [0.25, 0.3) is 10.0 Å². The predicted octanol–water partition coefficient (Wildman–Crippen LogP) is 1.06. The maximum Gasteiger partial charge on any atom is 0.262 e. The molecule has 1 heterocycles. The van der Waals surface area contributed by atoms with E-state index in [-0.39, 0.29) is 10.9 Å². The third-order valence-corrected chi connectivity index (χ3v) is 5.09. The largest absolute Gasteiger partial charge is 0.339 e. The van der Waals surface area contributed by atoms with Crippen molar-refractivity contribution in [2.24, 2.45) is 7.05 Å². The highest BCUT2D eigenvalue weighted by Gasteiger charge is 2.34. The summed E-state index contributed by atoms with van der Waals surface area (Å²) in [6.45, 7) is 3.53. The van der Waals surface area contributed by atoms with Gasteiger partial charge >= 0.3 is 0 Å². The van der Waals surface area contributed by atoms with Crippen LogP contribution in [0.25, 0.3) is 0 Å². The molecular formula is C9H16ClN3O2S. The number of nitrogens with zero attached hydrogens (tertiary/aromatic N) is 3. The Morgan fingerprint density at radius 2 is 2.12 bits per heavy atom. The first-order valence-electron chi connectivity index (χ1n) is 4.75. The maximum atomic E-state index is 12.1. The molecule has 0 bridgehead atoms. The second kappa shape index (κ2) is 4.35. The molecule has 1 aromatic rings. The van der Waals surface area contributed by atoms with Crippen LogP contribution in [0.4, 0.5) is 0 Å². The fourth-order valence-electron chi connectivity index (χ4n) is 1.07. The lowest BCUT2D eigenvalue weighted by atomic mass is 10.1. The van der Waals surface area contributed by atoms with E-state index >= 15 is 0 Å². The van der Waals surface area contributed by atoms with Crippen molar-refractivity contribution in [1.82, 2.24) is 13.9 Å². The fraction of sp³-hybridized carbons (Fsp3) is 0.667. The minimum Gasteiger partial charge on any atom is -0.339 e. The molecular weight excluding hydrogens is 250 g/mol. The summed E-state index contributed by atoms with van der Waals surface area (Å²) in [5.74, 6) is 0.218. The molecule has 0 radical (unpaired) electrons. The number of rotatable bonds is 4. The van der Waals surface area contributed by atoms with E-state index in [2.05, 4.69) is 4.98 Å². The van der Waals surface area contributed by atoms with Gasteiger partial charge < -0.3 is 4.57 Å². The van der Waals surface area contributed by atoms with Crippen LogP contribution in [0.5, 0.6) is 0 Å². The van der Waals surface area contributed by atoms with Crippen molar-refractivity contribution in [3.05, 3.63) is 12.5 Å². The summed E-state index contributed by atoms with van der Waals surface area (Å²) in [6, 6.07) is 0. The molecule has 16 heavy (non-hydrogen) atoms. The van der Waals surface area contributed by atoms with Crippen LogP contribution in [0.1, 0.15) is 13.8 Å². The summed E-state index contributed by atoms with van der Waals surface area (Å²) in [6.07, 6.45) is 2.92. The molecule has 0 spiro atoms. The normalized spacial score (nSPS) is 13.4. The number of sulfonamides is 1. The van der Waals surface area contributed by atoms with Crippen LogP contribution in [0.3, 0.4) is 0 Å². The summed E-state index contributed by atoms with van der Waals surface area (Å²) in [5, 5.41) is 0.0377. The van der Waals surface area contributed by atoms with Crippen molar-refractivity contribution >= 4 is 21.6 Å². The van der Waals surface area contributed by atoms with Gasteiger partial charge in [0.2, 0.25) is 0 Å². The first kappa shape index (κ1) is 13.5. The van der Waals surface area contributed by atoms with Crippen LogP contribution in [-0.2, 0) is 17.1 Å². The second-order valence-electron chi connectivity index (χ2n) is 4.30. The van der Waals surface area contributed by atoms with Gasteiger partial charge in [-0.3, -0.25) is 0 Å². The lowest BCUT2D eigenvalue weighted by Crippen LogP contribution is -2.46. The topological polar surface area (TPSA) is 55.2 Å². The second-order valence-corrected chi connectivity index (χ2v) is 6.48. The monoisotopic (exact) mass is 265 g/mol. The smallest absolute Gasteiger partial charge is 0.262 e. The van der Waals surface area contributed by atoms with Crippen LogP contribution >= 0.6 is 11.6 Å². The predicted molar refractivity (Wildman–Crippen MR) is 63.0 cm³/mol. The Morgan fingerprint density at radius 1 is 1.56 bits per heavy atom. The Morgan fingerprint density at radius 3 is 2.50 bits per heavy atom. The number of aromatic nitrogens is 2. The van der Waals surface area contributed by atoms with Gasteiger partial charge in [-0.1, -0.05) is 0 Å². The van der Waals surface area contributed by atoms with Gasteiger partial charge in [-0.05, 0) is 13.8 Å². The Balaban J connectivity index is 3.13. The van der Waals surface area contributed by atoms with E-state index in [0.717, 1.165) is 0 Å². The maximum absolute atomic E-state index is 12.1. The first-order chi connectivity index (χ1) is 7.21. The summed E-state index contributed by atoms with van der Waals surface area (Å²) in [7, 11) is -0.344. The van der Waals surface area contributed by atoms with E-state index in [4.69, 9.17) is 11.6 Å². The van der Waals surface area contributed by atoms with Gasteiger partial charge in [-0.15, -0.1) is 11.6 Å². The molecule has 0 saturated heterocycles. The number of alkyl halides is 1. The molecule has 0 atom stereocenters. The Labute approximate surface area is 101 Å². The van der Waals surface area contributed by atoms with Gasteiger partial charge in [0.15, 0.2) is 5.03 Å². The fourth-order valence-corrected chi connectivity index (χ4v) is 2.80. The molecule has 5 nitrogen and oxygen atoms in total. The van der Waals surface area contributed by atoms with Crippen LogP contribution < -0.4 is 0 Å². The standard InChI is InChI=1S/C9H16ClN3O2S/c1-9(2,6-10)13(4)16(14,15)8-5-12(3)7-11-8/h5,7H,6H2,1-4H3. The molecule has 0 unspecified atom stereocenters. The molecule has 0 N–H and O–H groups in total. The Bertz CT molecular complexity index is 467. The SMILES string of the molecule is CN(C(C)(C)CCl)S(=O)(=O)c1cn(C)cn1. The lowest BCUT2D eigenvalue weighted by Gasteiger charge is -2.31. The highest BCUT2D eigenvalue weighted by Crippen LogP contribution is 2.22. The zero-order valence-electron chi connectivity index (χ0n) is 9.81. The molecule has 1 aromatic heterocycles. The number of hydrogen-bond donors (Lipinski definition) is 0. The average molecular weight is 266 g/mol. The molecule has 92 valence electrons. The van der Waals surface area contributed by atoms with E-state index in [1.165, 1.54) is 23.9 Å². The highest BCUT2D eigenvalue weighted by atomic mass is 35.5. The summed E-state index contributed by atoms with van der Waals surface area (Å²) < 4.78 is 27.1. The first-order valence-corrected chi connectivity index (χ1v) is 6.72. The van der Waals surface area contributed by atoms with E-state index in [1.807, 2.05) is 0 Å². The van der Waals surface area contributed by atoms with Crippen LogP contribution in [-0.4, -0.2) is 40.7 Å². The zero-order valence-corrected chi connectivity index (χ0v) is 11.4. The van der Waals surface area contributed by atoms with Crippen molar-refractivity contribution in [3.8, 4) is 0 Å². The van der Waals surface area contributed by atoms with Gasteiger partial charge in [0, 0.05) is 31.7 Å². The molecule has 0 aliphatic carbocycles. The molecule has 7 heteroatoms. The van der Waals surface area contributed by atoms with Crippen LogP contribution in [0.15, 0.2) is 17.6 Å². The van der Waals surface area contributed by atoms with E-state index < -0.39 is 15.6 Å². The zero-order chi connectivity index (χ0) is 12.6. The summed E-state index contributed by atoms with van der Waals surface area (Å²) in [5.41, 5.74) is -0.641. The van der Waals surface area contributed by atoms with E-state index in [9.17, 15) is 8.42 Å². The minimum atomic E-state index is -3.57. The Kier molecular flexibility index (Phi) is 3.66. The van der Waals surface area contributed by atoms with Gasteiger partial charge in [0.05, 0.1) is 6.33 Å². The molecule has 1 rings (SSSR count). The third kappa shape index (κ3) is 2.39.